The van der Waals surface area contributed by atoms with Gasteiger partial charge in [0.15, 0.2) is 0 Å². The Morgan fingerprint density at radius 3 is 2.47 bits per heavy atom. The number of rotatable bonds is 8. The summed E-state index contributed by atoms with van der Waals surface area (Å²) in [5.74, 6) is 0.571. The first kappa shape index (κ1) is 14.4. The molecule has 90 valence electrons. The van der Waals surface area contributed by atoms with Gasteiger partial charge in [-0.2, -0.15) is 0 Å². The van der Waals surface area contributed by atoms with Crippen LogP contribution in [0, 0.1) is 5.92 Å². The molecule has 3 heteroatoms. The minimum absolute atomic E-state index is 0.0394. The predicted octanol–water partition coefficient (Wildman–Crippen LogP) is 2.09. The molecule has 0 aliphatic heterocycles. The van der Waals surface area contributed by atoms with Crippen molar-refractivity contribution in [1.29, 1.82) is 0 Å². The highest BCUT2D eigenvalue weighted by molar-refractivity contribution is 5.76. The summed E-state index contributed by atoms with van der Waals surface area (Å²) in [6.07, 6.45) is 4.60. The fourth-order valence-corrected chi connectivity index (χ4v) is 1.58. The van der Waals surface area contributed by atoms with Crippen molar-refractivity contribution in [3.63, 3.8) is 0 Å². The van der Waals surface area contributed by atoms with E-state index in [9.17, 15) is 4.79 Å². The highest BCUT2D eigenvalue weighted by Crippen LogP contribution is 2.05. The van der Waals surface area contributed by atoms with E-state index in [2.05, 4.69) is 26.1 Å². The smallest absolute Gasteiger partial charge is 0.220 e. The Kier molecular flexibility index (Phi) is 8.38. The molecule has 0 rings (SSSR count). The zero-order chi connectivity index (χ0) is 11.7. The third kappa shape index (κ3) is 8.43. The van der Waals surface area contributed by atoms with E-state index in [1.165, 1.54) is 0 Å². The molecule has 0 fully saturated rings. The number of hydrogen-bond donors (Lipinski definition) is 2. The third-order valence-electron chi connectivity index (χ3n) is 2.35. The second-order valence-corrected chi connectivity index (χ2v) is 4.53. The lowest BCUT2D eigenvalue weighted by molar-refractivity contribution is -0.122. The lowest BCUT2D eigenvalue weighted by Gasteiger charge is -2.18. The maximum absolute atomic E-state index is 11.4. The second kappa shape index (κ2) is 8.72. The molecule has 3 nitrogen and oxygen atoms in total. The first-order chi connectivity index (χ1) is 7.10. The average molecular weight is 215 g/mol. The Balaban J connectivity index is 3.70. The summed E-state index contributed by atoms with van der Waals surface area (Å²) >= 11 is 0. The first-order valence-corrected chi connectivity index (χ1v) is 6.00. The van der Waals surface area contributed by atoms with Crippen LogP contribution in [0.2, 0.25) is 0 Å². The van der Waals surface area contributed by atoms with Crippen LogP contribution in [0.4, 0.5) is 0 Å². The fourth-order valence-electron chi connectivity index (χ4n) is 1.58. The van der Waals surface area contributed by atoms with E-state index in [0.717, 1.165) is 25.7 Å². The standard InChI is InChI=1S/C12H25NO2/c1-4-5-6-7-12(15)13-11(9-14)8-10(2)3/h10-11,14H,4-9H2,1-3H3,(H,13,15). The lowest BCUT2D eigenvalue weighted by atomic mass is 10.0. The van der Waals surface area contributed by atoms with Crippen LogP contribution in [0.5, 0.6) is 0 Å². The van der Waals surface area contributed by atoms with Gasteiger partial charge in [-0.25, -0.2) is 0 Å². The van der Waals surface area contributed by atoms with E-state index < -0.39 is 0 Å². The number of hydrogen-bond acceptors (Lipinski definition) is 2. The monoisotopic (exact) mass is 215 g/mol. The molecule has 0 bridgehead atoms. The van der Waals surface area contributed by atoms with Crippen molar-refractivity contribution >= 4 is 5.91 Å². The molecule has 0 aliphatic rings. The summed E-state index contributed by atoms with van der Waals surface area (Å²) in [6, 6.07) is -0.0703. The van der Waals surface area contributed by atoms with Crippen LogP contribution in [0.15, 0.2) is 0 Å². The summed E-state index contributed by atoms with van der Waals surface area (Å²) in [5.41, 5.74) is 0. The molecule has 0 saturated heterocycles. The fraction of sp³-hybridized carbons (Fsp3) is 0.917. The van der Waals surface area contributed by atoms with E-state index in [4.69, 9.17) is 5.11 Å². The van der Waals surface area contributed by atoms with E-state index in [0.29, 0.717) is 12.3 Å². The molecule has 0 heterocycles. The molecule has 15 heavy (non-hydrogen) atoms. The molecule has 0 aromatic rings. The molecule has 1 unspecified atom stereocenters. The molecular formula is C12H25NO2. The maximum Gasteiger partial charge on any atom is 0.220 e. The number of carbonyl (C=O) groups excluding carboxylic acids is 1. The van der Waals surface area contributed by atoms with Crippen molar-refractivity contribution < 1.29 is 9.90 Å². The van der Waals surface area contributed by atoms with Gasteiger partial charge in [-0.1, -0.05) is 33.6 Å². The van der Waals surface area contributed by atoms with Crippen LogP contribution in [-0.4, -0.2) is 23.7 Å². The van der Waals surface area contributed by atoms with Crippen molar-refractivity contribution in [3.05, 3.63) is 0 Å². The van der Waals surface area contributed by atoms with Gasteiger partial charge in [-0.3, -0.25) is 4.79 Å². The molecule has 0 radical (unpaired) electrons. The number of carbonyl (C=O) groups is 1. The van der Waals surface area contributed by atoms with Gasteiger partial charge in [0.1, 0.15) is 0 Å². The molecule has 0 aliphatic carbocycles. The van der Waals surface area contributed by atoms with Gasteiger partial charge in [0.05, 0.1) is 12.6 Å². The molecule has 0 aromatic heterocycles. The van der Waals surface area contributed by atoms with Crippen LogP contribution >= 0.6 is 0 Å². The van der Waals surface area contributed by atoms with Gasteiger partial charge in [0.2, 0.25) is 5.91 Å². The van der Waals surface area contributed by atoms with Crippen molar-refractivity contribution in [2.24, 2.45) is 5.92 Å². The lowest BCUT2D eigenvalue weighted by Crippen LogP contribution is -2.38. The quantitative estimate of drug-likeness (QED) is 0.609. The Hall–Kier alpha value is -0.570. The summed E-state index contributed by atoms with van der Waals surface area (Å²) in [5, 5.41) is 11.9. The van der Waals surface area contributed by atoms with E-state index in [1.54, 1.807) is 0 Å². The Morgan fingerprint density at radius 2 is 2.00 bits per heavy atom. The highest BCUT2D eigenvalue weighted by Gasteiger charge is 2.12. The van der Waals surface area contributed by atoms with E-state index in [1.807, 2.05) is 0 Å². The number of amides is 1. The van der Waals surface area contributed by atoms with Gasteiger partial charge in [-0.15, -0.1) is 0 Å². The number of aliphatic hydroxyl groups excluding tert-OH is 1. The summed E-state index contributed by atoms with van der Waals surface area (Å²) < 4.78 is 0. The van der Waals surface area contributed by atoms with Crippen molar-refractivity contribution in [2.75, 3.05) is 6.61 Å². The largest absolute Gasteiger partial charge is 0.394 e. The number of aliphatic hydroxyl groups is 1. The zero-order valence-corrected chi connectivity index (χ0v) is 10.3. The van der Waals surface area contributed by atoms with Crippen LogP contribution in [0.25, 0.3) is 0 Å². The summed E-state index contributed by atoms with van der Waals surface area (Å²) in [7, 11) is 0. The highest BCUT2D eigenvalue weighted by atomic mass is 16.3. The molecule has 2 N–H and O–H groups in total. The van der Waals surface area contributed by atoms with Crippen LogP contribution in [-0.2, 0) is 4.79 Å². The normalized spacial score (nSPS) is 12.9. The molecular weight excluding hydrogens is 190 g/mol. The first-order valence-electron chi connectivity index (χ1n) is 6.00. The Bertz CT molecular complexity index is 169. The van der Waals surface area contributed by atoms with E-state index >= 15 is 0 Å². The van der Waals surface area contributed by atoms with Crippen molar-refractivity contribution in [2.45, 2.75) is 58.9 Å². The second-order valence-electron chi connectivity index (χ2n) is 4.53. The van der Waals surface area contributed by atoms with Gasteiger partial charge in [0, 0.05) is 6.42 Å². The number of unbranched alkanes of at least 4 members (excludes halogenated alkanes) is 2. The van der Waals surface area contributed by atoms with Gasteiger partial charge in [0.25, 0.3) is 0 Å². The Morgan fingerprint density at radius 1 is 1.33 bits per heavy atom. The zero-order valence-electron chi connectivity index (χ0n) is 10.3. The van der Waals surface area contributed by atoms with Crippen molar-refractivity contribution in [1.82, 2.24) is 5.32 Å². The molecule has 0 aromatic carbocycles. The Labute approximate surface area is 93.3 Å². The predicted molar refractivity (Wildman–Crippen MR) is 62.6 cm³/mol. The number of nitrogens with one attached hydrogen (secondary N) is 1. The van der Waals surface area contributed by atoms with Crippen LogP contribution < -0.4 is 5.32 Å². The summed E-state index contributed by atoms with van der Waals surface area (Å²) in [4.78, 5) is 11.4. The topological polar surface area (TPSA) is 49.3 Å². The van der Waals surface area contributed by atoms with Gasteiger partial charge >= 0.3 is 0 Å². The van der Waals surface area contributed by atoms with Gasteiger partial charge in [-0.05, 0) is 18.8 Å². The third-order valence-corrected chi connectivity index (χ3v) is 2.35. The van der Waals surface area contributed by atoms with E-state index in [-0.39, 0.29) is 18.6 Å². The average Bonchev–Trinajstić information content (AvgIpc) is 2.16. The van der Waals surface area contributed by atoms with Gasteiger partial charge < -0.3 is 10.4 Å². The minimum atomic E-state index is -0.0703. The molecule has 1 atom stereocenters. The van der Waals surface area contributed by atoms with Crippen LogP contribution in [0.1, 0.15) is 52.9 Å². The van der Waals surface area contributed by atoms with Crippen LogP contribution in [0.3, 0.4) is 0 Å². The van der Waals surface area contributed by atoms with Crippen molar-refractivity contribution in [3.8, 4) is 0 Å². The summed E-state index contributed by atoms with van der Waals surface area (Å²) in [6.45, 7) is 6.34. The minimum Gasteiger partial charge on any atom is -0.394 e. The SMILES string of the molecule is CCCCCC(=O)NC(CO)CC(C)C. The molecule has 0 spiro atoms. The molecule has 1 amide bonds. The maximum atomic E-state index is 11.4. The molecule has 0 saturated carbocycles.